The summed E-state index contributed by atoms with van der Waals surface area (Å²) in [6, 6.07) is 21.0. The van der Waals surface area contributed by atoms with E-state index in [-0.39, 0.29) is 40.5 Å². The van der Waals surface area contributed by atoms with Crippen molar-refractivity contribution in [1.29, 1.82) is 0 Å². The van der Waals surface area contributed by atoms with Crippen LogP contribution < -0.4 is 5.32 Å². The van der Waals surface area contributed by atoms with Gasteiger partial charge in [0.25, 0.3) is 11.8 Å². The average Bonchev–Trinajstić information content (AvgIpc) is 3.45. The predicted octanol–water partition coefficient (Wildman–Crippen LogP) is 6.61. The molecular formula is C32H31N3O5S. The molecule has 0 saturated carbocycles. The van der Waals surface area contributed by atoms with E-state index < -0.39 is 5.97 Å². The molecule has 1 aliphatic rings. The molecular weight excluding hydrogens is 538 g/mol. The van der Waals surface area contributed by atoms with Crippen molar-refractivity contribution >= 4 is 34.8 Å². The molecule has 210 valence electrons. The topological polar surface area (TPSA) is 120 Å². The molecule has 8 nitrogen and oxygen atoms in total. The smallest absolute Gasteiger partial charge is 0.335 e. The Labute approximate surface area is 242 Å². The molecule has 0 radical (unpaired) electrons. The Morgan fingerprint density at radius 2 is 1.66 bits per heavy atom. The van der Waals surface area contributed by atoms with E-state index in [0.717, 1.165) is 33.9 Å². The van der Waals surface area contributed by atoms with Crippen LogP contribution in [0.25, 0.3) is 10.4 Å². The van der Waals surface area contributed by atoms with Crippen molar-refractivity contribution in [3.63, 3.8) is 0 Å². The van der Waals surface area contributed by atoms with Crippen LogP contribution in [0.4, 0.5) is 5.69 Å². The first kappa shape index (κ1) is 28.0. The first-order valence-corrected chi connectivity index (χ1v) is 14.4. The molecule has 0 aliphatic carbocycles. The Balaban J connectivity index is 1.29. The fraction of sp³-hybridized carbons (Fsp3) is 0.250. The van der Waals surface area contributed by atoms with Gasteiger partial charge in [-0.15, -0.1) is 11.3 Å². The maximum Gasteiger partial charge on any atom is 0.335 e. The first-order chi connectivity index (χ1) is 19.7. The maximum absolute atomic E-state index is 13.4. The van der Waals surface area contributed by atoms with E-state index >= 15 is 0 Å². The lowest BCUT2D eigenvalue weighted by molar-refractivity contribution is 0.0690. The minimum Gasteiger partial charge on any atom is -0.507 e. The number of thiazole rings is 1. The molecule has 0 unspecified atom stereocenters. The molecule has 41 heavy (non-hydrogen) atoms. The monoisotopic (exact) mass is 569 g/mol. The molecule has 5 rings (SSSR count). The summed E-state index contributed by atoms with van der Waals surface area (Å²) in [6.45, 7) is 5.06. The number of benzene rings is 3. The number of aromatic nitrogens is 1. The molecule has 0 bridgehead atoms. The molecule has 1 aromatic heterocycles. The SMILES string of the molecule is CC(C)c1nc(C(=O)Nc2ccc(O)c(C(=O)N3CCC(c4ccc(C(=O)O)cc4)CC3)c2)c(-c2ccccc2)s1. The Hall–Kier alpha value is -4.50. The van der Waals surface area contributed by atoms with Gasteiger partial charge in [-0.3, -0.25) is 9.59 Å². The second-order valence-electron chi connectivity index (χ2n) is 10.4. The van der Waals surface area contributed by atoms with Crippen LogP contribution in [-0.4, -0.2) is 51.0 Å². The van der Waals surface area contributed by atoms with Crippen molar-refractivity contribution < 1.29 is 24.6 Å². The van der Waals surface area contributed by atoms with Gasteiger partial charge in [0, 0.05) is 24.7 Å². The van der Waals surface area contributed by atoms with Crippen LogP contribution in [0.2, 0.25) is 0 Å². The molecule has 4 aromatic rings. The molecule has 3 N–H and O–H groups in total. The van der Waals surface area contributed by atoms with Crippen molar-refractivity contribution in [3.8, 4) is 16.2 Å². The fourth-order valence-corrected chi connectivity index (χ4v) is 6.05. The summed E-state index contributed by atoms with van der Waals surface area (Å²) in [5.41, 5.74) is 3.04. The molecule has 3 aromatic carbocycles. The summed E-state index contributed by atoms with van der Waals surface area (Å²) in [6.07, 6.45) is 1.44. The Morgan fingerprint density at radius 1 is 0.976 bits per heavy atom. The highest BCUT2D eigenvalue weighted by Crippen LogP contribution is 2.35. The van der Waals surface area contributed by atoms with E-state index in [1.807, 2.05) is 56.3 Å². The number of amides is 2. The zero-order valence-electron chi connectivity index (χ0n) is 22.8. The molecule has 1 aliphatic heterocycles. The van der Waals surface area contributed by atoms with E-state index in [0.29, 0.717) is 24.5 Å². The van der Waals surface area contributed by atoms with E-state index in [9.17, 15) is 19.5 Å². The molecule has 1 saturated heterocycles. The lowest BCUT2D eigenvalue weighted by Crippen LogP contribution is -2.38. The quantitative estimate of drug-likeness (QED) is 0.216. The van der Waals surface area contributed by atoms with Gasteiger partial charge in [0.2, 0.25) is 0 Å². The molecule has 0 spiro atoms. The normalized spacial score (nSPS) is 13.8. The van der Waals surface area contributed by atoms with Crippen LogP contribution in [0, 0.1) is 0 Å². The number of nitrogens with zero attached hydrogens (tertiary/aromatic N) is 2. The van der Waals surface area contributed by atoms with Crippen LogP contribution >= 0.6 is 11.3 Å². The van der Waals surface area contributed by atoms with Gasteiger partial charge < -0.3 is 20.4 Å². The zero-order chi connectivity index (χ0) is 29.1. The molecule has 2 amide bonds. The number of phenols is 1. The number of aromatic hydroxyl groups is 1. The van der Waals surface area contributed by atoms with Crippen molar-refractivity contribution in [3.05, 3.63) is 100 Å². The summed E-state index contributed by atoms with van der Waals surface area (Å²) in [5, 5.41) is 23.4. The number of hydrogen-bond donors (Lipinski definition) is 3. The largest absolute Gasteiger partial charge is 0.507 e. The fourth-order valence-electron chi connectivity index (χ4n) is 4.98. The summed E-state index contributed by atoms with van der Waals surface area (Å²) in [7, 11) is 0. The standard InChI is InChI=1S/C32H31N3O5S/c1-19(2)30-34-27(28(41-30)22-6-4-3-5-7-22)29(37)33-24-12-13-26(36)25(18-24)31(38)35-16-14-21(15-17-35)20-8-10-23(11-9-20)32(39)40/h3-13,18-19,21,36H,14-17H2,1-2H3,(H,33,37)(H,39,40). The van der Waals surface area contributed by atoms with E-state index in [4.69, 9.17) is 5.11 Å². The molecule has 1 fully saturated rings. The summed E-state index contributed by atoms with van der Waals surface area (Å²) in [5.74, 6) is -1.42. The Kier molecular flexibility index (Phi) is 8.16. The number of nitrogens with one attached hydrogen (secondary N) is 1. The number of likely N-dealkylation sites (tertiary alicyclic amines) is 1. The molecule has 9 heteroatoms. The number of carbonyl (C=O) groups is 3. The Bertz CT molecular complexity index is 1570. The summed E-state index contributed by atoms with van der Waals surface area (Å²) in [4.78, 5) is 45.0. The second-order valence-corrected chi connectivity index (χ2v) is 11.5. The highest BCUT2D eigenvalue weighted by Gasteiger charge is 2.27. The van der Waals surface area contributed by atoms with Crippen molar-refractivity contribution in [2.75, 3.05) is 18.4 Å². The van der Waals surface area contributed by atoms with E-state index in [1.165, 1.54) is 23.5 Å². The minimum atomic E-state index is -0.960. The summed E-state index contributed by atoms with van der Waals surface area (Å²) >= 11 is 1.49. The number of carbonyl (C=O) groups excluding carboxylic acids is 2. The number of anilines is 1. The number of rotatable bonds is 7. The third-order valence-corrected chi connectivity index (χ3v) is 8.69. The van der Waals surface area contributed by atoms with Crippen molar-refractivity contribution in [2.45, 2.75) is 38.5 Å². The average molecular weight is 570 g/mol. The third-order valence-electron chi connectivity index (χ3n) is 7.28. The lowest BCUT2D eigenvalue weighted by atomic mass is 9.88. The number of phenolic OH excluding ortho intramolecular Hbond substituents is 1. The van der Waals surface area contributed by atoms with Crippen LogP contribution in [0.1, 0.15) is 80.3 Å². The highest BCUT2D eigenvalue weighted by molar-refractivity contribution is 7.15. The number of carboxylic acids is 1. The first-order valence-electron chi connectivity index (χ1n) is 13.5. The van der Waals surface area contributed by atoms with Crippen molar-refractivity contribution in [1.82, 2.24) is 9.88 Å². The molecule has 2 heterocycles. The number of carboxylic acid groups (broad SMARTS) is 1. The Morgan fingerprint density at radius 3 is 2.29 bits per heavy atom. The predicted molar refractivity (Wildman–Crippen MR) is 159 cm³/mol. The van der Waals surface area contributed by atoms with Gasteiger partial charge in [0.1, 0.15) is 11.4 Å². The van der Waals surface area contributed by atoms with Crippen LogP contribution in [-0.2, 0) is 0 Å². The van der Waals surface area contributed by atoms with Gasteiger partial charge in [0.05, 0.1) is 21.0 Å². The minimum absolute atomic E-state index is 0.122. The van der Waals surface area contributed by atoms with Gasteiger partial charge in [-0.2, -0.15) is 0 Å². The van der Waals surface area contributed by atoms with Gasteiger partial charge in [-0.05, 0) is 60.2 Å². The summed E-state index contributed by atoms with van der Waals surface area (Å²) < 4.78 is 0. The highest BCUT2D eigenvalue weighted by atomic mass is 32.1. The van der Waals surface area contributed by atoms with Crippen LogP contribution in [0.15, 0.2) is 72.8 Å². The zero-order valence-corrected chi connectivity index (χ0v) is 23.6. The van der Waals surface area contributed by atoms with E-state index in [2.05, 4.69) is 10.3 Å². The third kappa shape index (κ3) is 6.15. The number of aromatic carboxylic acids is 1. The number of hydrogen-bond acceptors (Lipinski definition) is 6. The van der Waals surface area contributed by atoms with Crippen LogP contribution in [0.3, 0.4) is 0 Å². The van der Waals surface area contributed by atoms with Gasteiger partial charge >= 0.3 is 5.97 Å². The lowest BCUT2D eigenvalue weighted by Gasteiger charge is -2.32. The van der Waals surface area contributed by atoms with E-state index in [1.54, 1.807) is 23.1 Å². The molecule has 0 atom stereocenters. The number of piperidine rings is 1. The van der Waals surface area contributed by atoms with Crippen LogP contribution in [0.5, 0.6) is 5.75 Å². The van der Waals surface area contributed by atoms with Gasteiger partial charge in [0.15, 0.2) is 0 Å². The second kappa shape index (κ2) is 11.9. The maximum atomic E-state index is 13.4. The van der Waals surface area contributed by atoms with Crippen molar-refractivity contribution in [2.24, 2.45) is 0 Å². The van der Waals surface area contributed by atoms with Gasteiger partial charge in [-0.1, -0.05) is 56.3 Å². The van der Waals surface area contributed by atoms with Gasteiger partial charge in [-0.25, -0.2) is 9.78 Å².